The molecule has 1 unspecified atom stereocenters. The quantitative estimate of drug-likeness (QED) is 0.815. The molecule has 1 fully saturated rings. The van der Waals surface area contributed by atoms with Crippen LogP contribution in [0.4, 0.5) is 0 Å². The van der Waals surface area contributed by atoms with Gasteiger partial charge in [0.05, 0.1) is 5.60 Å². The molecule has 0 radical (unpaired) electrons. The number of aromatic nitrogens is 2. The van der Waals surface area contributed by atoms with Gasteiger partial charge in [-0.15, -0.1) is 0 Å². The second kappa shape index (κ2) is 7.23. The molecular formula is C16H29N3O. The Balaban J connectivity index is 1.98. The topological polar surface area (TPSA) is 53.1 Å². The molecule has 1 aliphatic rings. The van der Waals surface area contributed by atoms with Crippen molar-refractivity contribution in [1.82, 2.24) is 9.55 Å². The summed E-state index contributed by atoms with van der Waals surface area (Å²) in [5, 5.41) is 0. The van der Waals surface area contributed by atoms with Gasteiger partial charge in [-0.05, 0) is 26.2 Å². The first-order chi connectivity index (χ1) is 9.68. The summed E-state index contributed by atoms with van der Waals surface area (Å²) in [6.45, 7) is 2.84. The standard InChI is InChI=1S/C16H29N3O/c1-3-20-16(10-6-4-5-7-11-16)14(17)8-9-15-18-12-13-19(15)2/h12-14H,3-11,17H2,1-2H3. The summed E-state index contributed by atoms with van der Waals surface area (Å²) in [7, 11) is 2.04. The molecule has 1 saturated carbocycles. The Morgan fingerprint density at radius 1 is 1.35 bits per heavy atom. The van der Waals surface area contributed by atoms with Crippen molar-refractivity contribution in [1.29, 1.82) is 0 Å². The second-order valence-electron chi connectivity index (χ2n) is 6.01. The smallest absolute Gasteiger partial charge is 0.108 e. The summed E-state index contributed by atoms with van der Waals surface area (Å²) in [6, 6.07) is 0.109. The first kappa shape index (κ1) is 15.5. The van der Waals surface area contributed by atoms with E-state index in [1.807, 2.05) is 19.4 Å². The van der Waals surface area contributed by atoms with Crippen molar-refractivity contribution >= 4 is 0 Å². The van der Waals surface area contributed by atoms with Crippen molar-refractivity contribution in [3.05, 3.63) is 18.2 Å². The molecule has 2 N–H and O–H groups in total. The van der Waals surface area contributed by atoms with Crippen LogP contribution in [0, 0.1) is 0 Å². The van der Waals surface area contributed by atoms with Gasteiger partial charge >= 0.3 is 0 Å². The maximum Gasteiger partial charge on any atom is 0.108 e. The number of nitrogens with two attached hydrogens (primary N) is 1. The van der Waals surface area contributed by atoms with Gasteiger partial charge in [-0.3, -0.25) is 0 Å². The highest BCUT2D eigenvalue weighted by molar-refractivity contribution is 4.97. The van der Waals surface area contributed by atoms with Crippen molar-refractivity contribution < 1.29 is 4.74 Å². The van der Waals surface area contributed by atoms with Crippen LogP contribution in [0.2, 0.25) is 0 Å². The molecule has 0 saturated heterocycles. The molecule has 4 heteroatoms. The van der Waals surface area contributed by atoms with E-state index in [0.717, 1.165) is 38.1 Å². The molecule has 1 heterocycles. The van der Waals surface area contributed by atoms with Crippen molar-refractivity contribution in [2.24, 2.45) is 12.8 Å². The fraction of sp³-hybridized carbons (Fsp3) is 0.812. The van der Waals surface area contributed by atoms with Crippen molar-refractivity contribution in [2.75, 3.05) is 6.61 Å². The number of ether oxygens (including phenoxy) is 1. The molecule has 0 aliphatic heterocycles. The predicted molar refractivity (Wildman–Crippen MR) is 81.6 cm³/mol. The summed E-state index contributed by atoms with van der Waals surface area (Å²) in [4.78, 5) is 4.39. The Kier molecular flexibility index (Phi) is 5.61. The van der Waals surface area contributed by atoms with E-state index in [4.69, 9.17) is 10.5 Å². The molecule has 1 atom stereocenters. The molecule has 20 heavy (non-hydrogen) atoms. The lowest BCUT2D eigenvalue weighted by atomic mass is 9.84. The van der Waals surface area contributed by atoms with Crippen LogP contribution in [0.3, 0.4) is 0 Å². The Bertz CT molecular complexity index is 394. The monoisotopic (exact) mass is 279 g/mol. The molecule has 2 rings (SSSR count). The van der Waals surface area contributed by atoms with E-state index in [1.165, 1.54) is 25.7 Å². The van der Waals surface area contributed by atoms with Crippen LogP contribution >= 0.6 is 0 Å². The molecule has 1 aromatic heterocycles. The highest BCUT2D eigenvalue weighted by Crippen LogP contribution is 2.34. The minimum absolute atomic E-state index is 0.101. The Labute approximate surface area is 122 Å². The van der Waals surface area contributed by atoms with Gasteiger partial charge in [0, 0.05) is 38.5 Å². The van der Waals surface area contributed by atoms with Gasteiger partial charge in [-0.25, -0.2) is 4.98 Å². The predicted octanol–water partition coefficient (Wildman–Crippen LogP) is 2.81. The van der Waals surface area contributed by atoms with Gasteiger partial charge in [0.1, 0.15) is 5.82 Å². The van der Waals surface area contributed by atoms with Gasteiger partial charge in [0.25, 0.3) is 0 Å². The van der Waals surface area contributed by atoms with Crippen LogP contribution in [-0.2, 0) is 18.2 Å². The van der Waals surface area contributed by atoms with Gasteiger partial charge < -0.3 is 15.0 Å². The SMILES string of the molecule is CCOC1(C(N)CCc2nccn2C)CCCCCC1. The van der Waals surface area contributed by atoms with Crippen molar-refractivity contribution in [3.63, 3.8) is 0 Å². The fourth-order valence-corrected chi connectivity index (χ4v) is 3.42. The van der Waals surface area contributed by atoms with E-state index >= 15 is 0 Å². The molecule has 0 amide bonds. The van der Waals surface area contributed by atoms with E-state index in [2.05, 4.69) is 16.5 Å². The summed E-state index contributed by atoms with van der Waals surface area (Å²) in [5.74, 6) is 1.11. The number of rotatable bonds is 6. The second-order valence-corrected chi connectivity index (χ2v) is 6.01. The number of aryl methyl sites for hydroxylation is 2. The van der Waals surface area contributed by atoms with Crippen molar-refractivity contribution in [3.8, 4) is 0 Å². The zero-order valence-electron chi connectivity index (χ0n) is 13.0. The van der Waals surface area contributed by atoms with Gasteiger partial charge in [0.15, 0.2) is 0 Å². The summed E-state index contributed by atoms with van der Waals surface area (Å²) in [6.07, 6.45) is 13.1. The highest BCUT2D eigenvalue weighted by Gasteiger charge is 2.37. The molecule has 114 valence electrons. The normalized spacial score (nSPS) is 20.6. The third-order valence-electron chi connectivity index (χ3n) is 4.66. The first-order valence-electron chi connectivity index (χ1n) is 8.03. The van der Waals surface area contributed by atoms with E-state index in [-0.39, 0.29) is 11.6 Å². The Morgan fingerprint density at radius 2 is 2.05 bits per heavy atom. The Morgan fingerprint density at radius 3 is 2.60 bits per heavy atom. The molecule has 4 nitrogen and oxygen atoms in total. The van der Waals surface area contributed by atoms with Crippen LogP contribution < -0.4 is 5.73 Å². The van der Waals surface area contributed by atoms with Crippen LogP contribution in [0.5, 0.6) is 0 Å². The average molecular weight is 279 g/mol. The zero-order chi connectivity index (χ0) is 14.4. The highest BCUT2D eigenvalue weighted by atomic mass is 16.5. The lowest BCUT2D eigenvalue weighted by molar-refractivity contribution is -0.0700. The van der Waals surface area contributed by atoms with E-state index in [9.17, 15) is 0 Å². The third-order valence-corrected chi connectivity index (χ3v) is 4.66. The molecule has 0 bridgehead atoms. The molecular weight excluding hydrogens is 250 g/mol. The minimum atomic E-state index is -0.101. The fourth-order valence-electron chi connectivity index (χ4n) is 3.42. The molecule has 0 aromatic carbocycles. The largest absolute Gasteiger partial charge is 0.374 e. The van der Waals surface area contributed by atoms with Gasteiger partial charge in [0.2, 0.25) is 0 Å². The number of nitrogens with zero attached hydrogens (tertiary/aromatic N) is 2. The van der Waals surface area contributed by atoms with Crippen LogP contribution in [0.25, 0.3) is 0 Å². The first-order valence-corrected chi connectivity index (χ1v) is 8.03. The molecule has 1 aromatic rings. The lowest BCUT2D eigenvalue weighted by Gasteiger charge is -2.38. The summed E-state index contributed by atoms with van der Waals surface area (Å²) >= 11 is 0. The van der Waals surface area contributed by atoms with Gasteiger partial charge in [-0.2, -0.15) is 0 Å². The Hall–Kier alpha value is -0.870. The zero-order valence-corrected chi connectivity index (χ0v) is 13.0. The van der Waals surface area contributed by atoms with E-state index in [1.54, 1.807) is 0 Å². The van der Waals surface area contributed by atoms with Gasteiger partial charge in [-0.1, -0.05) is 25.7 Å². The minimum Gasteiger partial charge on any atom is -0.374 e. The lowest BCUT2D eigenvalue weighted by Crippen LogP contribution is -2.50. The van der Waals surface area contributed by atoms with Crippen molar-refractivity contribution in [2.45, 2.75) is 69.9 Å². The summed E-state index contributed by atoms with van der Waals surface area (Å²) < 4.78 is 8.24. The number of hydrogen-bond donors (Lipinski definition) is 1. The van der Waals surface area contributed by atoms with Crippen LogP contribution in [0.15, 0.2) is 12.4 Å². The summed E-state index contributed by atoms with van der Waals surface area (Å²) in [5.41, 5.74) is 6.44. The third kappa shape index (κ3) is 3.61. The maximum atomic E-state index is 6.54. The van der Waals surface area contributed by atoms with Crippen LogP contribution in [0.1, 0.15) is 57.7 Å². The number of hydrogen-bond acceptors (Lipinski definition) is 3. The average Bonchev–Trinajstić information content (AvgIpc) is 2.70. The van der Waals surface area contributed by atoms with E-state index in [0.29, 0.717) is 0 Å². The van der Waals surface area contributed by atoms with E-state index < -0.39 is 0 Å². The number of imidazole rings is 1. The molecule has 0 spiro atoms. The molecule has 1 aliphatic carbocycles. The maximum absolute atomic E-state index is 6.54. The van der Waals surface area contributed by atoms with Crippen LogP contribution in [-0.4, -0.2) is 27.8 Å².